The zero-order valence-corrected chi connectivity index (χ0v) is 15.6. The van der Waals surface area contributed by atoms with Crippen molar-refractivity contribution in [1.29, 1.82) is 0 Å². The van der Waals surface area contributed by atoms with E-state index in [0.717, 1.165) is 37.9 Å². The van der Waals surface area contributed by atoms with E-state index >= 15 is 0 Å². The van der Waals surface area contributed by atoms with Gasteiger partial charge in [-0.2, -0.15) is 0 Å². The summed E-state index contributed by atoms with van der Waals surface area (Å²) in [5, 5.41) is 0. The maximum absolute atomic E-state index is 6.00. The molecule has 0 bridgehead atoms. The standard InChI is InChI=1S/C19H32N2O2/c1-18(2,3)14-10-22-16(20-14)12-8-7-9-13(12)17-21-15(11-23-17)19(4,5)6/h12-15H,7-11H2,1-6H3/t12-,13-,14+,15+/m0/s1. The molecule has 0 aromatic heterocycles. The molecule has 130 valence electrons. The van der Waals surface area contributed by atoms with Crippen molar-refractivity contribution in [2.24, 2.45) is 32.7 Å². The molecule has 0 saturated heterocycles. The van der Waals surface area contributed by atoms with Gasteiger partial charge >= 0.3 is 0 Å². The first-order chi connectivity index (χ1) is 10.7. The minimum atomic E-state index is 0.161. The molecule has 0 aromatic rings. The van der Waals surface area contributed by atoms with Gasteiger partial charge in [0.15, 0.2) is 11.8 Å². The molecule has 3 rings (SSSR count). The maximum atomic E-state index is 6.00. The first-order valence-electron chi connectivity index (χ1n) is 9.07. The second-order valence-corrected chi connectivity index (χ2v) is 9.46. The lowest BCUT2D eigenvalue weighted by molar-refractivity contribution is 0.219. The predicted octanol–water partition coefficient (Wildman–Crippen LogP) is 4.09. The predicted molar refractivity (Wildman–Crippen MR) is 94.1 cm³/mol. The maximum Gasteiger partial charge on any atom is 0.187 e. The van der Waals surface area contributed by atoms with Crippen LogP contribution in [0.1, 0.15) is 60.8 Å². The minimum Gasteiger partial charge on any atom is -0.478 e. The van der Waals surface area contributed by atoms with Crippen LogP contribution in [0.15, 0.2) is 9.98 Å². The quantitative estimate of drug-likeness (QED) is 0.769. The fraction of sp³-hybridized carbons (Fsp3) is 0.895. The zero-order chi connectivity index (χ0) is 16.8. The first kappa shape index (κ1) is 16.8. The van der Waals surface area contributed by atoms with E-state index in [2.05, 4.69) is 41.5 Å². The van der Waals surface area contributed by atoms with E-state index in [1.54, 1.807) is 0 Å². The molecule has 1 aliphatic carbocycles. The van der Waals surface area contributed by atoms with Crippen LogP contribution in [0.3, 0.4) is 0 Å². The van der Waals surface area contributed by atoms with E-state index in [4.69, 9.17) is 19.5 Å². The van der Waals surface area contributed by atoms with Gasteiger partial charge in [-0.1, -0.05) is 48.0 Å². The molecule has 0 N–H and O–H groups in total. The molecular weight excluding hydrogens is 288 g/mol. The van der Waals surface area contributed by atoms with E-state index in [1.807, 2.05) is 0 Å². The lowest BCUT2D eigenvalue weighted by Crippen LogP contribution is -2.26. The average molecular weight is 320 g/mol. The summed E-state index contributed by atoms with van der Waals surface area (Å²) in [4.78, 5) is 9.83. The van der Waals surface area contributed by atoms with E-state index in [0.29, 0.717) is 11.8 Å². The smallest absolute Gasteiger partial charge is 0.187 e. The van der Waals surface area contributed by atoms with Crippen molar-refractivity contribution in [2.45, 2.75) is 72.9 Å². The van der Waals surface area contributed by atoms with Crippen molar-refractivity contribution in [2.75, 3.05) is 13.2 Å². The van der Waals surface area contributed by atoms with Gasteiger partial charge in [0.2, 0.25) is 0 Å². The van der Waals surface area contributed by atoms with E-state index in [-0.39, 0.29) is 22.9 Å². The van der Waals surface area contributed by atoms with E-state index in [9.17, 15) is 0 Å². The third-order valence-corrected chi connectivity index (χ3v) is 5.49. The van der Waals surface area contributed by atoms with Crippen LogP contribution in [0.4, 0.5) is 0 Å². The molecule has 1 saturated carbocycles. The van der Waals surface area contributed by atoms with Crippen LogP contribution in [-0.2, 0) is 9.47 Å². The molecule has 4 heteroatoms. The van der Waals surface area contributed by atoms with Crippen molar-refractivity contribution >= 4 is 11.8 Å². The molecule has 4 atom stereocenters. The molecule has 23 heavy (non-hydrogen) atoms. The van der Waals surface area contributed by atoms with Gasteiger partial charge in [-0.25, -0.2) is 9.98 Å². The summed E-state index contributed by atoms with van der Waals surface area (Å²) >= 11 is 0. The van der Waals surface area contributed by atoms with Crippen LogP contribution in [0.25, 0.3) is 0 Å². The van der Waals surface area contributed by atoms with Crippen LogP contribution in [0, 0.1) is 22.7 Å². The molecule has 1 fully saturated rings. The van der Waals surface area contributed by atoms with Crippen molar-refractivity contribution in [1.82, 2.24) is 0 Å². The Bertz CT molecular complexity index is 464. The number of hydrogen-bond donors (Lipinski definition) is 0. The second-order valence-electron chi connectivity index (χ2n) is 9.46. The molecule has 2 aliphatic heterocycles. The van der Waals surface area contributed by atoms with E-state index in [1.165, 1.54) is 6.42 Å². The Labute approximate surface area is 140 Å². The fourth-order valence-electron chi connectivity index (χ4n) is 3.63. The van der Waals surface area contributed by atoms with Gasteiger partial charge in [-0.3, -0.25) is 0 Å². The van der Waals surface area contributed by atoms with Crippen molar-refractivity contribution in [3.63, 3.8) is 0 Å². The molecular formula is C19H32N2O2. The number of rotatable bonds is 2. The number of ether oxygens (including phenoxy) is 2. The summed E-state index contributed by atoms with van der Waals surface area (Å²) in [6, 6.07) is 0.542. The Kier molecular flexibility index (Phi) is 4.22. The zero-order valence-electron chi connectivity index (χ0n) is 15.6. The normalized spacial score (nSPS) is 34.9. The number of nitrogens with zero attached hydrogens (tertiary/aromatic N) is 2. The van der Waals surface area contributed by atoms with Crippen molar-refractivity contribution in [3.05, 3.63) is 0 Å². The lowest BCUT2D eigenvalue weighted by atomic mass is 9.88. The van der Waals surface area contributed by atoms with Gasteiger partial charge in [0.1, 0.15) is 13.2 Å². The highest BCUT2D eigenvalue weighted by Gasteiger charge is 2.43. The van der Waals surface area contributed by atoms with E-state index < -0.39 is 0 Å². The highest BCUT2D eigenvalue weighted by Crippen LogP contribution is 2.39. The summed E-state index contributed by atoms with van der Waals surface area (Å²) in [6.45, 7) is 14.8. The molecule has 0 unspecified atom stereocenters. The van der Waals surface area contributed by atoms with Crippen LogP contribution < -0.4 is 0 Å². The van der Waals surface area contributed by atoms with Crippen LogP contribution in [0.2, 0.25) is 0 Å². The molecule has 0 spiro atoms. The molecule has 0 amide bonds. The number of aliphatic imine (C=N–C) groups is 2. The highest BCUT2D eigenvalue weighted by atomic mass is 16.5. The fourth-order valence-corrected chi connectivity index (χ4v) is 3.63. The van der Waals surface area contributed by atoms with Gasteiger partial charge in [0.05, 0.1) is 12.1 Å². The SMILES string of the molecule is CC(C)(C)[C@H]1COC([C@H]2CCC[C@@H]2C2=N[C@@H](C(C)(C)C)CO2)=N1. The monoisotopic (exact) mass is 320 g/mol. The van der Waals surface area contributed by atoms with Crippen molar-refractivity contribution in [3.8, 4) is 0 Å². The van der Waals surface area contributed by atoms with Gasteiger partial charge in [-0.05, 0) is 23.7 Å². The van der Waals surface area contributed by atoms with Crippen LogP contribution in [0.5, 0.6) is 0 Å². The summed E-state index contributed by atoms with van der Waals surface area (Å²) in [7, 11) is 0. The Morgan fingerprint density at radius 2 is 1.13 bits per heavy atom. The Morgan fingerprint density at radius 3 is 1.43 bits per heavy atom. The largest absolute Gasteiger partial charge is 0.478 e. The van der Waals surface area contributed by atoms with Gasteiger partial charge in [0, 0.05) is 11.8 Å². The van der Waals surface area contributed by atoms with Crippen molar-refractivity contribution < 1.29 is 9.47 Å². The molecule has 2 heterocycles. The van der Waals surface area contributed by atoms with Crippen LogP contribution >= 0.6 is 0 Å². The first-order valence-corrected chi connectivity index (χ1v) is 9.07. The van der Waals surface area contributed by atoms with Gasteiger partial charge < -0.3 is 9.47 Å². The third-order valence-electron chi connectivity index (χ3n) is 5.49. The Balaban J connectivity index is 1.75. The summed E-state index contributed by atoms with van der Waals surface area (Å²) < 4.78 is 12.0. The Morgan fingerprint density at radius 1 is 0.739 bits per heavy atom. The highest BCUT2D eigenvalue weighted by molar-refractivity contribution is 5.89. The Hall–Kier alpha value is -1.06. The molecule has 0 aromatic carbocycles. The molecule has 3 aliphatic rings. The summed E-state index contributed by atoms with van der Waals surface area (Å²) in [6.07, 6.45) is 3.49. The summed E-state index contributed by atoms with van der Waals surface area (Å²) in [5.74, 6) is 2.63. The minimum absolute atomic E-state index is 0.161. The average Bonchev–Trinajstić information content (AvgIpc) is 3.16. The second kappa shape index (κ2) is 5.78. The summed E-state index contributed by atoms with van der Waals surface area (Å²) in [5.41, 5.74) is 0.323. The molecule has 0 radical (unpaired) electrons. The lowest BCUT2D eigenvalue weighted by Gasteiger charge is -2.22. The topological polar surface area (TPSA) is 43.2 Å². The number of hydrogen-bond acceptors (Lipinski definition) is 4. The van der Waals surface area contributed by atoms with Crippen LogP contribution in [-0.4, -0.2) is 37.1 Å². The molecule has 4 nitrogen and oxygen atoms in total. The van der Waals surface area contributed by atoms with Gasteiger partial charge in [-0.15, -0.1) is 0 Å². The van der Waals surface area contributed by atoms with Gasteiger partial charge in [0.25, 0.3) is 0 Å². The third kappa shape index (κ3) is 3.41.